The molecule has 2 aliphatic rings. The van der Waals surface area contributed by atoms with Gasteiger partial charge in [0.15, 0.2) is 0 Å². The number of nitrogens with two attached hydrogens (primary N) is 1. The normalized spacial score (nSPS) is 22.0. The van der Waals surface area contributed by atoms with Gasteiger partial charge in [0.2, 0.25) is 10.0 Å². The van der Waals surface area contributed by atoms with Crippen molar-refractivity contribution in [1.29, 1.82) is 0 Å². The predicted octanol–water partition coefficient (Wildman–Crippen LogP) is 2.03. The minimum Gasteiger partial charge on any atom is -0.492 e. The smallest absolute Gasteiger partial charge is 0.244 e. The highest BCUT2D eigenvalue weighted by Crippen LogP contribution is 2.39. The van der Waals surface area contributed by atoms with E-state index >= 15 is 0 Å². The fourth-order valence-electron chi connectivity index (χ4n) is 2.54. The molecule has 1 aromatic carbocycles. The first-order valence-electron chi connectivity index (χ1n) is 7.47. The molecule has 0 saturated heterocycles. The van der Waals surface area contributed by atoms with Crippen LogP contribution in [0.1, 0.15) is 56.2 Å². The minimum absolute atomic E-state index is 0.0746. The molecule has 1 heterocycles. The van der Waals surface area contributed by atoms with Gasteiger partial charge in [-0.2, -0.15) is 0 Å². The number of ether oxygens (including phenoxy) is 1. The molecule has 1 aromatic rings. The van der Waals surface area contributed by atoms with Crippen molar-refractivity contribution in [3.63, 3.8) is 0 Å². The Hall–Kier alpha value is -1.11. The summed E-state index contributed by atoms with van der Waals surface area (Å²) in [6.45, 7) is 4.55. The van der Waals surface area contributed by atoms with Crippen molar-refractivity contribution in [1.82, 2.24) is 4.72 Å². The molecule has 21 heavy (non-hydrogen) atoms. The van der Waals surface area contributed by atoms with Crippen molar-refractivity contribution >= 4 is 10.0 Å². The third-order valence-corrected chi connectivity index (χ3v) is 5.56. The molecule has 1 fully saturated rings. The maximum Gasteiger partial charge on any atom is 0.244 e. The van der Waals surface area contributed by atoms with Crippen molar-refractivity contribution in [2.24, 2.45) is 5.73 Å². The van der Waals surface area contributed by atoms with Gasteiger partial charge < -0.3 is 10.5 Å². The second-order valence-electron chi connectivity index (χ2n) is 6.23. The van der Waals surface area contributed by atoms with E-state index < -0.39 is 10.0 Å². The molecule has 1 unspecified atom stereocenters. The van der Waals surface area contributed by atoms with E-state index in [2.05, 4.69) is 4.72 Å². The van der Waals surface area contributed by atoms with Crippen molar-refractivity contribution < 1.29 is 13.2 Å². The van der Waals surface area contributed by atoms with Crippen LogP contribution in [0.2, 0.25) is 0 Å². The quantitative estimate of drug-likeness (QED) is 0.891. The SMILES string of the molecule is CC(C)c1cc2c(c(S(=O)(=O)NC3CC3)c1)OCCC2N. The van der Waals surface area contributed by atoms with Crippen LogP contribution >= 0.6 is 0 Å². The number of sulfonamides is 1. The number of nitrogens with one attached hydrogen (secondary N) is 1. The fraction of sp³-hybridized carbons (Fsp3) is 0.600. The number of hydrogen-bond acceptors (Lipinski definition) is 4. The summed E-state index contributed by atoms with van der Waals surface area (Å²) in [4.78, 5) is 0.241. The van der Waals surface area contributed by atoms with Crippen LogP contribution < -0.4 is 15.2 Å². The molecular weight excluding hydrogens is 288 g/mol. The molecule has 0 amide bonds. The summed E-state index contributed by atoms with van der Waals surface area (Å²) in [5, 5.41) is 0. The zero-order valence-electron chi connectivity index (χ0n) is 12.4. The second-order valence-corrected chi connectivity index (χ2v) is 7.91. The van der Waals surface area contributed by atoms with Gasteiger partial charge >= 0.3 is 0 Å². The lowest BCUT2D eigenvalue weighted by Crippen LogP contribution is -2.29. The summed E-state index contributed by atoms with van der Waals surface area (Å²) in [6, 6.07) is 3.62. The van der Waals surface area contributed by atoms with Gasteiger partial charge in [0.05, 0.1) is 6.61 Å². The second kappa shape index (κ2) is 5.26. The summed E-state index contributed by atoms with van der Waals surface area (Å²) < 4.78 is 33.6. The molecule has 0 bridgehead atoms. The first-order chi connectivity index (χ1) is 9.88. The topological polar surface area (TPSA) is 81.4 Å². The van der Waals surface area contributed by atoms with E-state index in [9.17, 15) is 8.42 Å². The third-order valence-electron chi connectivity index (χ3n) is 4.04. The van der Waals surface area contributed by atoms with Crippen molar-refractivity contribution in [2.75, 3.05) is 6.61 Å². The Morgan fingerprint density at radius 1 is 1.29 bits per heavy atom. The monoisotopic (exact) mass is 310 g/mol. The third kappa shape index (κ3) is 2.93. The van der Waals surface area contributed by atoms with Crippen LogP contribution in [0.25, 0.3) is 0 Å². The van der Waals surface area contributed by atoms with E-state index in [4.69, 9.17) is 10.5 Å². The zero-order valence-corrected chi connectivity index (χ0v) is 13.2. The van der Waals surface area contributed by atoms with Crippen LogP contribution in [-0.4, -0.2) is 21.1 Å². The van der Waals surface area contributed by atoms with Gasteiger partial charge in [0.25, 0.3) is 0 Å². The lowest BCUT2D eigenvalue weighted by molar-refractivity contribution is 0.261. The molecule has 1 atom stereocenters. The molecule has 3 rings (SSSR count). The van der Waals surface area contributed by atoms with Crippen molar-refractivity contribution in [2.45, 2.75) is 56.0 Å². The Kier molecular flexibility index (Phi) is 3.71. The van der Waals surface area contributed by atoms with Crippen LogP contribution in [0, 0.1) is 0 Å². The van der Waals surface area contributed by atoms with Gasteiger partial charge in [-0.25, -0.2) is 13.1 Å². The maximum absolute atomic E-state index is 12.6. The summed E-state index contributed by atoms with van der Waals surface area (Å²) >= 11 is 0. The molecule has 0 aromatic heterocycles. The highest BCUT2D eigenvalue weighted by Gasteiger charge is 2.33. The fourth-order valence-corrected chi connectivity index (χ4v) is 4.05. The van der Waals surface area contributed by atoms with Gasteiger partial charge in [0.1, 0.15) is 10.6 Å². The first kappa shape index (κ1) is 14.8. The summed E-state index contributed by atoms with van der Waals surface area (Å²) in [6.07, 6.45) is 2.53. The molecule has 5 nitrogen and oxygen atoms in total. The van der Waals surface area contributed by atoms with Crippen LogP contribution in [-0.2, 0) is 10.0 Å². The van der Waals surface area contributed by atoms with E-state index in [1.165, 1.54) is 0 Å². The highest BCUT2D eigenvalue weighted by molar-refractivity contribution is 7.89. The maximum atomic E-state index is 12.6. The van der Waals surface area contributed by atoms with E-state index in [0.717, 1.165) is 24.0 Å². The molecule has 0 radical (unpaired) electrons. The molecule has 0 spiro atoms. The Morgan fingerprint density at radius 2 is 2.00 bits per heavy atom. The predicted molar refractivity (Wildman–Crippen MR) is 80.9 cm³/mol. The summed E-state index contributed by atoms with van der Waals surface area (Å²) in [5.74, 6) is 0.672. The Labute approximate surface area is 125 Å². The number of hydrogen-bond donors (Lipinski definition) is 2. The van der Waals surface area contributed by atoms with E-state index in [-0.39, 0.29) is 22.9 Å². The van der Waals surface area contributed by atoms with Crippen molar-refractivity contribution in [3.8, 4) is 5.75 Å². The lowest BCUT2D eigenvalue weighted by atomic mass is 9.94. The van der Waals surface area contributed by atoms with Gasteiger partial charge in [-0.15, -0.1) is 0 Å². The van der Waals surface area contributed by atoms with Gasteiger partial charge in [-0.1, -0.05) is 19.9 Å². The Bertz CT molecular complexity index is 651. The van der Waals surface area contributed by atoms with Crippen LogP contribution in [0.15, 0.2) is 17.0 Å². The van der Waals surface area contributed by atoms with Gasteiger partial charge in [0, 0.05) is 24.1 Å². The average molecular weight is 310 g/mol. The van der Waals surface area contributed by atoms with Crippen LogP contribution in [0.5, 0.6) is 5.75 Å². The van der Waals surface area contributed by atoms with E-state index in [0.29, 0.717) is 18.8 Å². The molecule has 6 heteroatoms. The Balaban J connectivity index is 2.13. The van der Waals surface area contributed by atoms with Gasteiger partial charge in [-0.3, -0.25) is 0 Å². The van der Waals surface area contributed by atoms with Crippen LogP contribution in [0.3, 0.4) is 0 Å². The highest BCUT2D eigenvalue weighted by atomic mass is 32.2. The molecular formula is C15H22N2O3S. The minimum atomic E-state index is -3.55. The first-order valence-corrected chi connectivity index (χ1v) is 8.95. The molecule has 116 valence electrons. The average Bonchev–Trinajstić information content (AvgIpc) is 3.21. The summed E-state index contributed by atoms with van der Waals surface area (Å²) in [5.41, 5.74) is 7.93. The number of fused-ring (bicyclic) bond motifs is 1. The molecule has 3 N–H and O–H groups in total. The van der Waals surface area contributed by atoms with Crippen LogP contribution in [0.4, 0.5) is 0 Å². The van der Waals surface area contributed by atoms with E-state index in [1.807, 2.05) is 19.9 Å². The summed E-state index contributed by atoms with van der Waals surface area (Å²) in [7, 11) is -3.55. The zero-order chi connectivity index (χ0) is 15.2. The number of benzene rings is 1. The molecule has 1 aliphatic heterocycles. The lowest BCUT2D eigenvalue weighted by Gasteiger charge is -2.26. The van der Waals surface area contributed by atoms with E-state index in [1.54, 1.807) is 6.07 Å². The van der Waals surface area contributed by atoms with Crippen molar-refractivity contribution in [3.05, 3.63) is 23.3 Å². The molecule has 1 saturated carbocycles. The largest absolute Gasteiger partial charge is 0.492 e. The Morgan fingerprint density at radius 3 is 2.62 bits per heavy atom. The molecule has 1 aliphatic carbocycles. The standard InChI is InChI=1S/C15H22N2O3S/c1-9(2)10-7-12-13(16)5-6-20-15(12)14(8-10)21(18,19)17-11-3-4-11/h7-9,11,13,17H,3-6,16H2,1-2H3. The number of rotatable bonds is 4. The van der Waals surface area contributed by atoms with Gasteiger partial charge in [-0.05, 0) is 30.4 Å².